The number of rotatable bonds is 3. The van der Waals surface area contributed by atoms with Gasteiger partial charge in [0.25, 0.3) is 0 Å². The van der Waals surface area contributed by atoms with Crippen LogP contribution in [0, 0.1) is 11.7 Å². The lowest BCUT2D eigenvalue weighted by Gasteiger charge is -2.34. The van der Waals surface area contributed by atoms with Crippen molar-refractivity contribution >= 4 is 11.6 Å². The van der Waals surface area contributed by atoms with Gasteiger partial charge in [-0.2, -0.15) is 0 Å². The molecule has 1 saturated heterocycles. The predicted molar refractivity (Wildman–Crippen MR) is 70.2 cm³/mol. The number of alkyl halides is 1. The van der Waals surface area contributed by atoms with Gasteiger partial charge in [0, 0.05) is 18.9 Å². The summed E-state index contributed by atoms with van der Waals surface area (Å²) in [6.07, 6.45) is 1.90. The van der Waals surface area contributed by atoms with Crippen molar-refractivity contribution in [2.45, 2.75) is 31.9 Å². The Bertz CT molecular complexity index is 414. The van der Waals surface area contributed by atoms with E-state index in [4.69, 9.17) is 11.6 Å². The van der Waals surface area contributed by atoms with Crippen LogP contribution in [0.2, 0.25) is 5.02 Å². The molecule has 2 rings (SSSR count). The van der Waals surface area contributed by atoms with E-state index in [0.717, 1.165) is 19.4 Å². The molecule has 18 heavy (non-hydrogen) atoms. The van der Waals surface area contributed by atoms with Crippen molar-refractivity contribution in [3.05, 3.63) is 34.6 Å². The number of piperidine rings is 1. The van der Waals surface area contributed by atoms with Gasteiger partial charge in [-0.15, -0.1) is 0 Å². The predicted octanol–water partition coefficient (Wildman–Crippen LogP) is 3.75. The van der Waals surface area contributed by atoms with Crippen molar-refractivity contribution in [1.29, 1.82) is 0 Å². The fourth-order valence-electron chi connectivity index (χ4n) is 2.57. The molecular weight excluding hydrogens is 256 g/mol. The first-order chi connectivity index (χ1) is 8.50. The molecule has 1 aromatic rings. The molecule has 100 valence electrons. The van der Waals surface area contributed by atoms with Gasteiger partial charge in [-0.1, -0.05) is 23.7 Å². The third-order valence-electron chi connectivity index (χ3n) is 3.72. The molecule has 0 radical (unpaired) electrons. The standard InChI is InChI=1S/C14H18ClF2N/c1-14(17,11-5-3-7-18-9-11)8-10-4-2-6-12(15)13(10)16/h2,4,6,11,18H,3,5,7-9H2,1H3. The summed E-state index contributed by atoms with van der Waals surface area (Å²) >= 11 is 5.72. The molecule has 1 aliphatic heterocycles. The first kappa shape index (κ1) is 13.8. The number of halogens is 3. The monoisotopic (exact) mass is 273 g/mol. The molecule has 4 heteroatoms. The molecule has 0 saturated carbocycles. The second-order valence-corrected chi connectivity index (χ2v) is 5.62. The smallest absolute Gasteiger partial charge is 0.145 e. The summed E-state index contributed by atoms with van der Waals surface area (Å²) in [6, 6.07) is 4.75. The van der Waals surface area contributed by atoms with Gasteiger partial charge in [0.1, 0.15) is 11.5 Å². The molecule has 2 unspecified atom stereocenters. The maximum Gasteiger partial charge on any atom is 0.145 e. The molecule has 0 spiro atoms. The Morgan fingerprint density at radius 3 is 2.94 bits per heavy atom. The van der Waals surface area contributed by atoms with Gasteiger partial charge in [-0.05, 0) is 37.9 Å². The molecule has 1 aromatic carbocycles. The molecule has 1 fully saturated rings. The van der Waals surface area contributed by atoms with E-state index in [-0.39, 0.29) is 17.4 Å². The molecule has 1 aliphatic rings. The first-order valence-corrected chi connectivity index (χ1v) is 6.71. The summed E-state index contributed by atoms with van der Waals surface area (Å²) in [5.74, 6) is -0.559. The highest BCUT2D eigenvalue weighted by Crippen LogP contribution is 2.32. The van der Waals surface area contributed by atoms with Crippen LogP contribution in [0.25, 0.3) is 0 Å². The van der Waals surface area contributed by atoms with Crippen molar-refractivity contribution in [1.82, 2.24) is 5.32 Å². The van der Waals surface area contributed by atoms with Crippen molar-refractivity contribution in [2.75, 3.05) is 13.1 Å². The van der Waals surface area contributed by atoms with Gasteiger partial charge >= 0.3 is 0 Å². The van der Waals surface area contributed by atoms with E-state index in [1.807, 2.05) is 0 Å². The third kappa shape index (κ3) is 3.01. The molecule has 2 atom stereocenters. The first-order valence-electron chi connectivity index (χ1n) is 6.33. The van der Waals surface area contributed by atoms with Gasteiger partial charge < -0.3 is 5.32 Å². The van der Waals surface area contributed by atoms with Crippen LogP contribution in [0.5, 0.6) is 0 Å². The van der Waals surface area contributed by atoms with Crippen molar-refractivity contribution in [3.8, 4) is 0 Å². The van der Waals surface area contributed by atoms with Gasteiger partial charge in [0.15, 0.2) is 0 Å². The Kier molecular flexibility index (Phi) is 4.23. The second-order valence-electron chi connectivity index (χ2n) is 5.21. The van der Waals surface area contributed by atoms with E-state index in [9.17, 15) is 8.78 Å². The van der Waals surface area contributed by atoms with Crippen LogP contribution in [0.3, 0.4) is 0 Å². The van der Waals surface area contributed by atoms with E-state index in [2.05, 4.69) is 5.32 Å². The summed E-state index contributed by atoms with van der Waals surface area (Å²) in [5, 5.41) is 3.25. The molecule has 1 nitrogen and oxygen atoms in total. The van der Waals surface area contributed by atoms with Crippen LogP contribution < -0.4 is 5.32 Å². The lowest BCUT2D eigenvalue weighted by Crippen LogP contribution is -2.42. The van der Waals surface area contributed by atoms with E-state index in [1.54, 1.807) is 19.1 Å². The lowest BCUT2D eigenvalue weighted by molar-refractivity contribution is 0.0824. The number of nitrogens with one attached hydrogen (secondary N) is 1. The van der Waals surface area contributed by atoms with E-state index in [1.165, 1.54) is 6.07 Å². The highest BCUT2D eigenvalue weighted by atomic mass is 35.5. The maximum atomic E-state index is 14.7. The average Bonchev–Trinajstić information content (AvgIpc) is 2.36. The van der Waals surface area contributed by atoms with Crippen molar-refractivity contribution < 1.29 is 8.78 Å². The Morgan fingerprint density at radius 2 is 2.28 bits per heavy atom. The molecule has 0 aliphatic carbocycles. The highest BCUT2D eigenvalue weighted by Gasteiger charge is 2.35. The Labute approximate surface area is 112 Å². The minimum atomic E-state index is -1.40. The largest absolute Gasteiger partial charge is 0.316 e. The summed E-state index contributed by atoms with van der Waals surface area (Å²) in [5.41, 5.74) is -1.04. The molecule has 0 aromatic heterocycles. The van der Waals surface area contributed by atoms with Crippen LogP contribution in [-0.4, -0.2) is 18.8 Å². The summed E-state index contributed by atoms with van der Waals surface area (Å²) in [4.78, 5) is 0. The minimum absolute atomic E-state index is 0.0602. The highest BCUT2D eigenvalue weighted by molar-refractivity contribution is 6.30. The quantitative estimate of drug-likeness (QED) is 0.884. The summed E-state index contributed by atoms with van der Waals surface area (Å²) in [6.45, 7) is 3.16. The van der Waals surface area contributed by atoms with Crippen LogP contribution >= 0.6 is 11.6 Å². The van der Waals surface area contributed by atoms with Crippen molar-refractivity contribution in [2.24, 2.45) is 5.92 Å². The fraction of sp³-hybridized carbons (Fsp3) is 0.571. The lowest BCUT2D eigenvalue weighted by atomic mass is 9.81. The van der Waals surface area contributed by atoms with Crippen molar-refractivity contribution in [3.63, 3.8) is 0 Å². The normalized spacial score (nSPS) is 23.7. The zero-order chi connectivity index (χ0) is 13.2. The number of benzene rings is 1. The zero-order valence-electron chi connectivity index (χ0n) is 10.5. The number of hydrogen-bond acceptors (Lipinski definition) is 1. The topological polar surface area (TPSA) is 12.0 Å². The number of hydrogen-bond donors (Lipinski definition) is 1. The van der Waals surface area contributed by atoms with Gasteiger partial charge in [0.05, 0.1) is 5.02 Å². The molecule has 1 N–H and O–H groups in total. The Hall–Kier alpha value is -0.670. The summed E-state index contributed by atoms with van der Waals surface area (Å²) in [7, 11) is 0. The van der Waals surface area contributed by atoms with E-state index < -0.39 is 11.5 Å². The van der Waals surface area contributed by atoms with Crippen LogP contribution in [0.15, 0.2) is 18.2 Å². The summed E-state index contributed by atoms with van der Waals surface area (Å²) < 4.78 is 28.5. The van der Waals surface area contributed by atoms with Crippen LogP contribution in [0.4, 0.5) is 8.78 Å². The van der Waals surface area contributed by atoms with Gasteiger partial charge in [-0.25, -0.2) is 8.78 Å². The van der Waals surface area contributed by atoms with Gasteiger partial charge in [-0.3, -0.25) is 0 Å². The Balaban J connectivity index is 2.13. The maximum absolute atomic E-state index is 14.7. The Morgan fingerprint density at radius 1 is 1.50 bits per heavy atom. The zero-order valence-corrected chi connectivity index (χ0v) is 11.2. The molecule has 0 amide bonds. The van der Waals surface area contributed by atoms with Crippen LogP contribution in [-0.2, 0) is 6.42 Å². The minimum Gasteiger partial charge on any atom is -0.316 e. The van der Waals surface area contributed by atoms with Gasteiger partial charge in [0.2, 0.25) is 0 Å². The average molecular weight is 274 g/mol. The van der Waals surface area contributed by atoms with E-state index in [0.29, 0.717) is 12.1 Å². The second kappa shape index (κ2) is 5.54. The SMILES string of the molecule is CC(F)(Cc1cccc(Cl)c1F)C1CCCNC1. The molecule has 1 heterocycles. The van der Waals surface area contributed by atoms with E-state index >= 15 is 0 Å². The molecular formula is C14H18ClF2N. The fourth-order valence-corrected chi connectivity index (χ4v) is 2.76. The third-order valence-corrected chi connectivity index (χ3v) is 4.01. The molecule has 0 bridgehead atoms. The van der Waals surface area contributed by atoms with Crippen LogP contribution in [0.1, 0.15) is 25.3 Å².